The first kappa shape index (κ1) is 13.5. The number of nitrogens with one attached hydrogen (secondary N) is 1. The van der Waals surface area contributed by atoms with Crippen LogP contribution in [-0.2, 0) is 0 Å². The minimum absolute atomic E-state index is 0.762. The third kappa shape index (κ3) is 3.52. The number of aryl methyl sites for hydroxylation is 1. The quantitative estimate of drug-likeness (QED) is 0.585. The van der Waals surface area contributed by atoms with Crippen LogP contribution in [0.15, 0.2) is 59.1 Å². The average Bonchev–Trinajstić information content (AvgIpc) is 2.98. The molecule has 2 heterocycles. The lowest BCUT2D eigenvalue weighted by Crippen LogP contribution is -1.91. The molecular weight excluding hydrogens is 280 g/mol. The summed E-state index contributed by atoms with van der Waals surface area (Å²) in [6.45, 7) is 2.07. The largest absolute Gasteiger partial charge is 0.255 e. The second-order valence-corrected chi connectivity index (χ2v) is 5.39. The maximum Gasteiger partial charge on any atom is 0.203 e. The normalized spacial score (nSPS) is 10.9. The van der Waals surface area contributed by atoms with Crippen LogP contribution in [-0.4, -0.2) is 16.2 Å². The number of anilines is 1. The minimum Gasteiger partial charge on any atom is -0.255 e. The highest BCUT2D eigenvalue weighted by Crippen LogP contribution is 2.24. The first-order valence-corrected chi connectivity index (χ1v) is 7.42. The van der Waals surface area contributed by atoms with Gasteiger partial charge >= 0.3 is 0 Å². The van der Waals surface area contributed by atoms with Gasteiger partial charge in [-0.3, -0.25) is 10.4 Å². The molecule has 1 aromatic carbocycles. The maximum atomic E-state index is 4.51. The van der Waals surface area contributed by atoms with Crippen LogP contribution in [0.2, 0.25) is 0 Å². The molecule has 0 aliphatic carbocycles. The summed E-state index contributed by atoms with van der Waals surface area (Å²) in [5.41, 5.74) is 7.04. The second kappa shape index (κ2) is 6.28. The summed E-state index contributed by atoms with van der Waals surface area (Å²) in [6, 6.07) is 14.0. The Bertz CT molecular complexity index is 732. The summed E-state index contributed by atoms with van der Waals surface area (Å²) < 4.78 is 0. The Morgan fingerprint density at radius 2 is 2.00 bits per heavy atom. The predicted molar refractivity (Wildman–Crippen MR) is 87.7 cm³/mol. The highest BCUT2D eigenvalue weighted by Gasteiger charge is 2.03. The van der Waals surface area contributed by atoms with Crippen LogP contribution in [0.3, 0.4) is 0 Å². The number of hydrazone groups is 1. The number of nitrogens with zero attached hydrogens (tertiary/aromatic N) is 3. The van der Waals surface area contributed by atoms with Crippen molar-refractivity contribution in [1.29, 1.82) is 0 Å². The predicted octanol–water partition coefficient (Wildman–Crippen LogP) is 3.96. The van der Waals surface area contributed by atoms with Gasteiger partial charge in [0.1, 0.15) is 0 Å². The molecule has 0 aliphatic rings. The summed E-state index contributed by atoms with van der Waals surface area (Å²) in [5, 5.41) is 6.92. The molecule has 0 spiro atoms. The summed E-state index contributed by atoms with van der Waals surface area (Å²) >= 11 is 1.53. The van der Waals surface area contributed by atoms with Crippen molar-refractivity contribution < 1.29 is 0 Å². The first-order chi connectivity index (χ1) is 10.3. The van der Waals surface area contributed by atoms with E-state index < -0.39 is 0 Å². The van der Waals surface area contributed by atoms with Gasteiger partial charge in [-0.2, -0.15) is 5.10 Å². The Morgan fingerprint density at radius 1 is 1.14 bits per heavy atom. The van der Waals surface area contributed by atoms with E-state index in [0.29, 0.717) is 0 Å². The highest BCUT2D eigenvalue weighted by molar-refractivity contribution is 7.14. The van der Waals surface area contributed by atoms with Gasteiger partial charge in [0.25, 0.3) is 0 Å². The van der Waals surface area contributed by atoms with Gasteiger partial charge in [0.15, 0.2) is 0 Å². The van der Waals surface area contributed by atoms with Crippen molar-refractivity contribution in [2.75, 3.05) is 5.43 Å². The minimum atomic E-state index is 0.762. The molecule has 5 heteroatoms. The molecule has 0 aliphatic heterocycles. The molecular formula is C16H14N4S. The fraction of sp³-hybridized carbons (Fsp3) is 0.0625. The fourth-order valence-electron chi connectivity index (χ4n) is 1.79. The lowest BCUT2D eigenvalue weighted by atomic mass is 10.1. The molecule has 104 valence electrons. The van der Waals surface area contributed by atoms with E-state index in [1.165, 1.54) is 16.9 Å². The second-order valence-electron chi connectivity index (χ2n) is 4.53. The molecule has 3 rings (SSSR count). The van der Waals surface area contributed by atoms with E-state index in [-0.39, 0.29) is 0 Å². The van der Waals surface area contributed by atoms with E-state index in [9.17, 15) is 0 Å². The monoisotopic (exact) mass is 294 g/mol. The molecule has 2 aromatic heterocycles. The van der Waals surface area contributed by atoms with Crippen LogP contribution in [0.25, 0.3) is 11.3 Å². The van der Waals surface area contributed by atoms with Crippen LogP contribution in [0.4, 0.5) is 5.13 Å². The fourth-order valence-corrected chi connectivity index (χ4v) is 2.46. The smallest absolute Gasteiger partial charge is 0.203 e. The summed E-state index contributed by atoms with van der Waals surface area (Å²) in [5.74, 6) is 0. The number of hydrogen-bond acceptors (Lipinski definition) is 5. The Hall–Kier alpha value is -2.53. The van der Waals surface area contributed by atoms with Crippen LogP contribution >= 0.6 is 11.3 Å². The Morgan fingerprint density at radius 3 is 2.76 bits per heavy atom. The summed E-state index contributed by atoms with van der Waals surface area (Å²) in [6.07, 6.45) is 3.41. The molecule has 4 nitrogen and oxygen atoms in total. The van der Waals surface area contributed by atoms with Crippen molar-refractivity contribution >= 4 is 22.7 Å². The van der Waals surface area contributed by atoms with E-state index in [1.807, 2.05) is 23.6 Å². The molecule has 0 saturated heterocycles. The Kier molecular flexibility index (Phi) is 4.02. The van der Waals surface area contributed by atoms with Crippen molar-refractivity contribution in [3.05, 3.63) is 65.3 Å². The van der Waals surface area contributed by atoms with Gasteiger partial charge in [-0.1, -0.05) is 35.9 Å². The Balaban J connectivity index is 1.68. The molecule has 21 heavy (non-hydrogen) atoms. The van der Waals surface area contributed by atoms with Crippen LogP contribution < -0.4 is 5.43 Å². The van der Waals surface area contributed by atoms with Crippen molar-refractivity contribution in [2.45, 2.75) is 6.92 Å². The van der Waals surface area contributed by atoms with Gasteiger partial charge in [0.2, 0.25) is 5.13 Å². The van der Waals surface area contributed by atoms with E-state index >= 15 is 0 Å². The number of aromatic nitrogens is 2. The van der Waals surface area contributed by atoms with E-state index in [2.05, 4.69) is 51.7 Å². The molecule has 0 radical (unpaired) electrons. The number of hydrogen-bond donors (Lipinski definition) is 1. The van der Waals surface area contributed by atoms with Crippen molar-refractivity contribution in [3.63, 3.8) is 0 Å². The van der Waals surface area contributed by atoms with Gasteiger partial charge in [-0.25, -0.2) is 4.98 Å². The van der Waals surface area contributed by atoms with Gasteiger partial charge in [-0.15, -0.1) is 11.3 Å². The number of rotatable bonds is 4. The van der Waals surface area contributed by atoms with Crippen LogP contribution in [0.5, 0.6) is 0 Å². The molecule has 0 fully saturated rings. The average molecular weight is 294 g/mol. The molecule has 1 N–H and O–H groups in total. The molecule has 0 bridgehead atoms. The van der Waals surface area contributed by atoms with Gasteiger partial charge in [0, 0.05) is 17.1 Å². The maximum absolute atomic E-state index is 4.51. The lowest BCUT2D eigenvalue weighted by molar-refractivity contribution is 1.26. The van der Waals surface area contributed by atoms with E-state index in [0.717, 1.165) is 22.1 Å². The lowest BCUT2D eigenvalue weighted by Gasteiger charge is -1.97. The van der Waals surface area contributed by atoms with E-state index in [4.69, 9.17) is 0 Å². The zero-order valence-electron chi connectivity index (χ0n) is 11.5. The first-order valence-electron chi connectivity index (χ1n) is 6.54. The molecule has 0 amide bonds. The SMILES string of the molecule is Cc1ccc(-c2csc(N/N=C\c3ccccn3)n2)cc1. The third-order valence-corrected chi connectivity index (χ3v) is 3.64. The summed E-state index contributed by atoms with van der Waals surface area (Å²) in [7, 11) is 0. The van der Waals surface area contributed by atoms with Crippen LogP contribution in [0, 0.1) is 6.92 Å². The number of thiazole rings is 1. The van der Waals surface area contributed by atoms with Crippen molar-refractivity contribution in [1.82, 2.24) is 9.97 Å². The van der Waals surface area contributed by atoms with Crippen molar-refractivity contribution in [3.8, 4) is 11.3 Å². The number of pyridine rings is 1. The molecule has 0 saturated carbocycles. The van der Waals surface area contributed by atoms with Gasteiger partial charge in [-0.05, 0) is 19.1 Å². The highest BCUT2D eigenvalue weighted by atomic mass is 32.1. The molecule has 0 atom stereocenters. The van der Waals surface area contributed by atoms with Crippen LogP contribution in [0.1, 0.15) is 11.3 Å². The zero-order chi connectivity index (χ0) is 14.5. The molecule has 0 unspecified atom stereocenters. The van der Waals surface area contributed by atoms with Crippen molar-refractivity contribution in [2.24, 2.45) is 5.10 Å². The number of benzene rings is 1. The topological polar surface area (TPSA) is 50.2 Å². The molecule has 3 aromatic rings. The van der Waals surface area contributed by atoms with Gasteiger partial charge in [0.05, 0.1) is 17.6 Å². The third-order valence-electron chi connectivity index (χ3n) is 2.90. The standard InChI is InChI=1S/C16H14N4S/c1-12-5-7-13(8-6-12)15-11-21-16(19-15)20-18-10-14-4-2-3-9-17-14/h2-11H,1H3,(H,19,20)/b18-10-. The van der Waals surface area contributed by atoms with Gasteiger partial charge < -0.3 is 0 Å². The summed E-state index contributed by atoms with van der Waals surface area (Å²) in [4.78, 5) is 8.68. The van der Waals surface area contributed by atoms with E-state index in [1.54, 1.807) is 12.4 Å². The Labute approximate surface area is 127 Å². The zero-order valence-corrected chi connectivity index (χ0v) is 12.3.